The van der Waals surface area contributed by atoms with Crippen molar-refractivity contribution in [3.05, 3.63) is 83.9 Å². The smallest absolute Gasteiger partial charge is 0.133 e. The third kappa shape index (κ3) is 3.02. The summed E-state index contributed by atoms with van der Waals surface area (Å²) in [5, 5.41) is 5.46. The van der Waals surface area contributed by atoms with E-state index in [-0.39, 0.29) is 5.92 Å². The average molecular weight is 293 g/mol. The van der Waals surface area contributed by atoms with Gasteiger partial charge in [-0.25, -0.2) is 4.39 Å². The van der Waals surface area contributed by atoms with E-state index < -0.39 is 6.17 Å². The van der Waals surface area contributed by atoms with Crippen molar-refractivity contribution in [2.24, 2.45) is 0 Å². The highest BCUT2D eigenvalue weighted by molar-refractivity contribution is 5.83. The lowest BCUT2D eigenvalue weighted by Crippen LogP contribution is -2.21. The summed E-state index contributed by atoms with van der Waals surface area (Å²) in [4.78, 5) is 0. The Morgan fingerprint density at radius 2 is 1.50 bits per heavy atom. The molecule has 0 saturated carbocycles. The molecule has 2 heteroatoms. The van der Waals surface area contributed by atoms with Crippen LogP contribution >= 0.6 is 0 Å². The third-order valence-corrected chi connectivity index (χ3v) is 4.10. The van der Waals surface area contributed by atoms with Crippen LogP contribution in [0.3, 0.4) is 0 Å². The van der Waals surface area contributed by atoms with Gasteiger partial charge in [0.05, 0.1) is 0 Å². The molecule has 0 aliphatic heterocycles. The summed E-state index contributed by atoms with van der Waals surface area (Å²) in [5.41, 5.74) is 1.76. The van der Waals surface area contributed by atoms with Gasteiger partial charge < -0.3 is 5.32 Å². The standard InChI is InChI=1S/C20H20FN/c1-22-14-19(20(21)16-8-3-2-4-9-16)18-12-11-15-7-5-6-10-17(15)13-18/h2-13,19-20,22H,14H2,1H3/t19-,20-/m1/s1. The van der Waals surface area contributed by atoms with Crippen LogP contribution in [0.1, 0.15) is 23.2 Å². The molecule has 22 heavy (non-hydrogen) atoms. The lowest BCUT2D eigenvalue weighted by atomic mass is 9.89. The quantitative estimate of drug-likeness (QED) is 0.709. The third-order valence-electron chi connectivity index (χ3n) is 4.10. The number of nitrogens with one attached hydrogen (secondary N) is 1. The summed E-state index contributed by atoms with van der Waals surface area (Å²) in [5.74, 6) is -0.197. The van der Waals surface area contributed by atoms with Crippen molar-refractivity contribution < 1.29 is 4.39 Å². The second-order valence-corrected chi connectivity index (χ2v) is 5.58. The second-order valence-electron chi connectivity index (χ2n) is 5.58. The largest absolute Gasteiger partial charge is 0.319 e. The van der Waals surface area contributed by atoms with Crippen LogP contribution in [0, 0.1) is 0 Å². The van der Waals surface area contributed by atoms with Gasteiger partial charge in [0.1, 0.15) is 6.17 Å². The summed E-state index contributed by atoms with van der Waals surface area (Å²) in [7, 11) is 1.87. The number of alkyl halides is 1. The molecule has 3 aromatic rings. The van der Waals surface area contributed by atoms with E-state index in [1.165, 1.54) is 5.39 Å². The first kappa shape index (κ1) is 14.7. The molecule has 0 amide bonds. The van der Waals surface area contributed by atoms with Gasteiger partial charge in [-0.15, -0.1) is 0 Å². The summed E-state index contributed by atoms with van der Waals surface area (Å²) < 4.78 is 15.0. The van der Waals surface area contributed by atoms with Crippen LogP contribution in [0.4, 0.5) is 4.39 Å². The van der Waals surface area contributed by atoms with Crippen molar-refractivity contribution in [1.29, 1.82) is 0 Å². The van der Waals surface area contributed by atoms with Crippen molar-refractivity contribution >= 4 is 10.8 Å². The maximum Gasteiger partial charge on any atom is 0.133 e. The van der Waals surface area contributed by atoms with Crippen LogP contribution in [0.2, 0.25) is 0 Å². The number of fused-ring (bicyclic) bond motifs is 1. The normalized spacial score (nSPS) is 13.9. The van der Waals surface area contributed by atoms with E-state index in [2.05, 4.69) is 29.6 Å². The van der Waals surface area contributed by atoms with Gasteiger partial charge in [0.25, 0.3) is 0 Å². The van der Waals surface area contributed by atoms with Crippen LogP contribution < -0.4 is 5.32 Å². The molecule has 3 aromatic carbocycles. The predicted molar refractivity (Wildman–Crippen MR) is 90.9 cm³/mol. The van der Waals surface area contributed by atoms with Crippen molar-refractivity contribution in [2.75, 3.05) is 13.6 Å². The van der Waals surface area contributed by atoms with Crippen LogP contribution in [0.5, 0.6) is 0 Å². The number of halogens is 1. The predicted octanol–water partition coefficient (Wildman–Crippen LogP) is 4.85. The number of benzene rings is 3. The van der Waals surface area contributed by atoms with Crippen LogP contribution in [0.15, 0.2) is 72.8 Å². The van der Waals surface area contributed by atoms with Gasteiger partial charge in [0, 0.05) is 12.5 Å². The fraction of sp³-hybridized carbons (Fsp3) is 0.200. The molecule has 0 heterocycles. The van der Waals surface area contributed by atoms with Crippen LogP contribution in [-0.4, -0.2) is 13.6 Å². The van der Waals surface area contributed by atoms with Gasteiger partial charge >= 0.3 is 0 Å². The molecule has 0 unspecified atom stereocenters. The number of likely N-dealkylation sites (N-methyl/N-ethyl adjacent to an activating group) is 1. The minimum Gasteiger partial charge on any atom is -0.319 e. The van der Waals surface area contributed by atoms with E-state index >= 15 is 4.39 Å². The maximum absolute atomic E-state index is 15.0. The monoisotopic (exact) mass is 293 g/mol. The van der Waals surface area contributed by atoms with Crippen molar-refractivity contribution in [3.8, 4) is 0 Å². The zero-order valence-corrected chi connectivity index (χ0v) is 12.7. The fourth-order valence-corrected chi connectivity index (χ4v) is 2.92. The molecule has 0 aromatic heterocycles. The summed E-state index contributed by atoms with van der Waals surface area (Å²) in [6, 6.07) is 23.8. The molecular formula is C20H20FN. The first-order chi connectivity index (χ1) is 10.8. The van der Waals surface area contributed by atoms with Gasteiger partial charge in [0.2, 0.25) is 0 Å². The minimum absolute atomic E-state index is 0.197. The van der Waals surface area contributed by atoms with Crippen LogP contribution in [-0.2, 0) is 0 Å². The molecule has 0 aliphatic rings. The Hall–Kier alpha value is -2.19. The Balaban J connectivity index is 1.98. The van der Waals surface area contributed by atoms with Crippen molar-refractivity contribution in [1.82, 2.24) is 5.32 Å². The van der Waals surface area contributed by atoms with E-state index in [1.54, 1.807) is 0 Å². The first-order valence-electron chi connectivity index (χ1n) is 7.62. The van der Waals surface area contributed by atoms with E-state index in [0.717, 1.165) is 16.5 Å². The second kappa shape index (κ2) is 6.71. The first-order valence-corrected chi connectivity index (χ1v) is 7.62. The lowest BCUT2D eigenvalue weighted by molar-refractivity contribution is 0.284. The summed E-state index contributed by atoms with van der Waals surface area (Å²) in [6.45, 7) is 0.606. The zero-order valence-electron chi connectivity index (χ0n) is 12.7. The van der Waals surface area contributed by atoms with Crippen molar-refractivity contribution in [3.63, 3.8) is 0 Å². The molecule has 0 fully saturated rings. The lowest BCUT2D eigenvalue weighted by Gasteiger charge is -2.22. The Morgan fingerprint density at radius 3 is 2.23 bits per heavy atom. The van der Waals surface area contributed by atoms with E-state index in [9.17, 15) is 0 Å². The zero-order chi connectivity index (χ0) is 15.4. The van der Waals surface area contributed by atoms with Gasteiger partial charge in [-0.1, -0.05) is 72.8 Å². The van der Waals surface area contributed by atoms with Crippen LogP contribution in [0.25, 0.3) is 10.8 Å². The number of rotatable bonds is 5. The van der Waals surface area contributed by atoms with E-state index in [4.69, 9.17) is 0 Å². The van der Waals surface area contributed by atoms with Gasteiger partial charge in [-0.3, -0.25) is 0 Å². The molecule has 0 spiro atoms. The molecule has 0 bridgehead atoms. The number of hydrogen-bond donors (Lipinski definition) is 1. The van der Waals surface area contributed by atoms with E-state index in [1.807, 2.05) is 55.6 Å². The summed E-state index contributed by atoms with van der Waals surface area (Å²) in [6.07, 6.45) is -1.02. The molecule has 3 rings (SSSR count). The van der Waals surface area contributed by atoms with E-state index in [0.29, 0.717) is 6.54 Å². The SMILES string of the molecule is CNC[C@H](c1ccc2ccccc2c1)[C@H](F)c1ccccc1. The van der Waals surface area contributed by atoms with Crippen molar-refractivity contribution in [2.45, 2.75) is 12.1 Å². The van der Waals surface area contributed by atoms with Gasteiger partial charge in [-0.2, -0.15) is 0 Å². The maximum atomic E-state index is 15.0. The molecule has 0 saturated heterocycles. The topological polar surface area (TPSA) is 12.0 Å². The summed E-state index contributed by atoms with van der Waals surface area (Å²) >= 11 is 0. The minimum atomic E-state index is -1.02. The van der Waals surface area contributed by atoms with Gasteiger partial charge in [0.15, 0.2) is 0 Å². The molecule has 2 atom stereocenters. The highest BCUT2D eigenvalue weighted by atomic mass is 19.1. The molecule has 0 aliphatic carbocycles. The molecular weight excluding hydrogens is 273 g/mol. The fourth-order valence-electron chi connectivity index (χ4n) is 2.92. The molecule has 0 radical (unpaired) electrons. The highest BCUT2D eigenvalue weighted by Gasteiger charge is 2.24. The molecule has 1 nitrogen and oxygen atoms in total. The molecule has 1 N–H and O–H groups in total. The Labute approximate surface area is 130 Å². The number of hydrogen-bond acceptors (Lipinski definition) is 1. The Bertz CT molecular complexity index is 739. The Morgan fingerprint density at radius 1 is 0.818 bits per heavy atom. The average Bonchev–Trinajstić information content (AvgIpc) is 2.59. The Kier molecular flexibility index (Phi) is 4.50. The highest BCUT2D eigenvalue weighted by Crippen LogP contribution is 2.35. The van der Waals surface area contributed by atoms with Gasteiger partial charge in [-0.05, 0) is 28.9 Å². The molecule has 112 valence electrons.